The number of hydrogen-bond acceptors (Lipinski definition) is 5. The normalized spacial score (nSPS) is 33.7. The lowest BCUT2D eigenvalue weighted by Crippen LogP contribution is -2.59. The fraction of sp³-hybridized carbons (Fsp3) is 0.667. The van der Waals surface area contributed by atoms with Gasteiger partial charge < -0.3 is 19.9 Å². The van der Waals surface area contributed by atoms with Gasteiger partial charge in [0, 0.05) is 18.9 Å². The smallest absolute Gasteiger partial charge is 0.422 e. The Kier molecular flexibility index (Phi) is 5.06. The standard InChI is InChI=1S/C21H27F3N2O3/c1-3-17-25-18(27)21(26-17)16-10-15(29-12-20(22,23)24)5-4-13(16)11-19(21)8-6-14(28-2)7-9-19/h4-5,10,14,18,27H,3,6-9,11-12H2,1-2H3,(H,25,26). The molecule has 1 aromatic carbocycles. The Bertz CT molecular complexity index is 803. The SMILES string of the molecule is CCC1=NC(O)C2(N1)c1cc(OCC(F)(F)F)ccc1CC21CCC(OC)CC1. The van der Waals surface area contributed by atoms with E-state index in [0.717, 1.165) is 49.1 Å². The lowest BCUT2D eigenvalue weighted by atomic mass is 9.61. The molecule has 2 aliphatic carbocycles. The van der Waals surface area contributed by atoms with E-state index in [1.165, 1.54) is 0 Å². The number of rotatable bonds is 4. The highest BCUT2D eigenvalue weighted by atomic mass is 19.4. The van der Waals surface area contributed by atoms with Crippen molar-refractivity contribution in [2.24, 2.45) is 10.4 Å². The van der Waals surface area contributed by atoms with Crippen LogP contribution in [0.15, 0.2) is 23.2 Å². The fourth-order valence-electron chi connectivity index (χ4n) is 5.43. The molecule has 2 spiro atoms. The van der Waals surface area contributed by atoms with Crippen LogP contribution in [0.4, 0.5) is 13.2 Å². The second-order valence-corrected chi connectivity index (χ2v) is 8.35. The second kappa shape index (κ2) is 7.16. The Morgan fingerprint density at radius 2 is 2.00 bits per heavy atom. The molecule has 2 atom stereocenters. The van der Waals surface area contributed by atoms with Gasteiger partial charge in [0.25, 0.3) is 0 Å². The molecule has 0 aromatic heterocycles. The third-order valence-corrected chi connectivity index (χ3v) is 6.84. The highest BCUT2D eigenvalue weighted by Crippen LogP contribution is 2.61. The van der Waals surface area contributed by atoms with Gasteiger partial charge >= 0.3 is 6.18 Å². The van der Waals surface area contributed by atoms with E-state index in [9.17, 15) is 18.3 Å². The number of methoxy groups -OCH3 is 1. The quantitative estimate of drug-likeness (QED) is 0.792. The molecule has 1 saturated carbocycles. The van der Waals surface area contributed by atoms with Crippen molar-refractivity contribution in [1.29, 1.82) is 0 Å². The molecule has 2 unspecified atom stereocenters. The molecular formula is C21H27F3N2O3. The number of halogens is 3. The molecule has 160 valence electrons. The molecule has 29 heavy (non-hydrogen) atoms. The van der Waals surface area contributed by atoms with Crippen LogP contribution in [0.5, 0.6) is 5.75 Å². The van der Waals surface area contributed by atoms with Gasteiger partial charge in [-0.3, -0.25) is 0 Å². The van der Waals surface area contributed by atoms with Gasteiger partial charge in [-0.05, 0) is 55.4 Å². The monoisotopic (exact) mass is 412 g/mol. The van der Waals surface area contributed by atoms with E-state index in [1.807, 2.05) is 13.0 Å². The number of ether oxygens (including phenoxy) is 2. The summed E-state index contributed by atoms with van der Waals surface area (Å²) < 4.78 is 48.4. The van der Waals surface area contributed by atoms with Crippen LogP contribution in [0.2, 0.25) is 0 Å². The van der Waals surface area contributed by atoms with Gasteiger partial charge in [0.2, 0.25) is 0 Å². The second-order valence-electron chi connectivity index (χ2n) is 8.35. The molecule has 1 aliphatic heterocycles. The zero-order valence-electron chi connectivity index (χ0n) is 16.7. The third kappa shape index (κ3) is 3.30. The Hall–Kier alpha value is -1.80. The van der Waals surface area contributed by atoms with Gasteiger partial charge in [-0.1, -0.05) is 13.0 Å². The summed E-state index contributed by atoms with van der Waals surface area (Å²) in [7, 11) is 1.72. The van der Waals surface area contributed by atoms with Crippen LogP contribution < -0.4 is 10.1 Å². The number of nitrogens with one attached hydrogen (secondary N) is 1. The lowest BCUT2D eigenvalue weighted by Gasteiger charge is -2.49. The number of nitrogens with zero attached hydrogens (tertiary/aromatic N) is 1. The van der Waals surface area contributed by atoms with Crippen molar-refractivity contribution in [3.8, 4) is 5.75 Å². The summed E-state index contributed by atoms with van der Waals surface area (Å²) in [4.78, 5) is 4.45. The number of aliphatic hydroxyl groups is 1. The zero-order chi connectivity index (χ0) is 20.9. The predicted octanol–water partition coefficient (Wildman–Crippen LogP) is 3.68. The number of fused-ring (bicyclic) bond motifs is 3. The number of aliphatic imine (C=N–C) groups is 1. The van der Waals surface area contributed by atoms with Crippen molar-refractivity contribution in [3.63, 3.8) is 0 Å². The Morgan fingerprint density at radius 1 is 1.28 bits per heavy atom. The molecule has 0 amide bonds. The van der Waals surface area contributed by atoms with Crippen molar-refractivity contribution in [3.05, 3.63) is 29.3 Å². The van der Waals surface area contributed by atoms with Gasteiger partial charge in [0.1, 0.15) is 17.1 Å². The molecule has 0 saturated heterocycles. The van der Waals surface area contributed by atoms with Crippen molar-refractivity contribution in [2.75, 3.05) is 13.7 Å². The highest BCUT2D eigenvalue weighted by molar-refractivity contribution is 5.86. The maximum atomic E-state index is 12.6. The first kappa shape index (κ1) is 20.5. The number of benzene rings is 1. The third-order valence-electron chi connectivity index (χ3n) is 6.84. The molecule has 0 radical (unpaired) electrons. The molecule has 2 N–H and O–H groups in total. The lowest BCUT2D eigenvalue weighted by molar-refractivity contribution is -0.153. The van der Waals surface area contributed by atoms with Crippen molar-refractivity contribution in [2.45, 2.75) is 69.5 Å². The van der Waals surface area contributed by atoms with Gasteiger partial charge in [-0.2, -0.15) is 13.2 Å². The maximum absolute atomic E-state index is 12.6. The molecule has 1 fully saturated rings. The van der Waals surface area contributed by atoms with Crippen molar-refractivity contribution >= 4 is 5.84 Å². The summed E-state index contributed by atoms with van der Waals surface area (Å²) in [6.07, 6.45) is -0.373. The summed E-state index contributed by atoms with van der Waals surface area (Å²) in [5, 5.41) is 14.6. The van der Waals surface area contributed by atoms with E-state index in [-0.39, 0.29) is 17.3 Å². The molecule has 1 aromatic rings. The molecular weight excluding hydrogens is 385 g/mol. The molecule has 0 bridgehead atoms. The molecule has 5 nitrogen and oxygen atoms in total. The summed E-state index contributed by atoms with van der Waals surface area (Å²) in [6.45, 7) is 0.622. The number of amidine groups is 1. The minimum absolute atomic E-state index is 0.155. The van der Waals surface area contributed by atoms with E-state index in [0.29, 0.717) is 6.42 Å². The van der Waals surface area contributed by atoms with Crippen LogP contribution in [0.1, 0.15) is 50.2 Å². The first-order chi connectivity index (χ1) is 13.7. The first-order valence-corrected chi connectivity index (χ1v) is 10.1. The minimum atomic E-state index is -4.40. The van der Waals surface area contributed by atoms with Crippen LogP contribution in [0, 0.1) is 5.41 Å². The average molecular weight is 412 g/mol. The van der Waals surface area contributed by atoms with Gasteiger partial charge in [-0.15, -0.1) is 0 Å². The molecule has 4 rings (SSSR count). The maximum Gasteiger partial charge on any atom is 0.422 e. The van der Waals surface area contributed by atoms with Crippen LogP contribution in [0.25, 0.3) is 0 Å². The van der Waals surface area contributed by atoms with Crippen molar-refractivity contribution < 1.29 is 27.8 Å². The van der Waals surface area contributed by atoms with Gasteiger partial charge in [-0.25, -0.2) is 4.99 Å². The van der Waals surface area contributed by atoms with Crippen LogP contribution in [0.3, 0.4) is 0 Å². The summed E-state index contributed by atoms with van der Waals surface area (Å²) in [5.41, 5.74) is 0.712. The van der Waals surface area contributed by atoms with Crippen LogP contribution >= 0.6 is 0 Å². The Labute approximate surface area is 168 Å². The molecule has 3 aliphatic rings. The van der Waals surface area contributed by atoms with E-state index in [1.54, 1.807) is 19.2 Å². The van der Waals surface area contributed by atoms with Gasteiger partial charge in [0.05, 0.1) is 6.10 Å². The number of aliphatic hydroxyl groups excluding tert-OH is 1. The van der Waals surface area contributed by atoms with E-state index < -0.39 is 24.6 Å². The summed E-state index contributed by atoms with van der Waals surface area (Å²) in [6, 6.07) is 5.07. The van der Waals surface area contributed by atoms with E-state index in [2.05, 4.69) is 10.3 Å². The Balaban J connectivity index is 1.73. The summed E-state index contributed by atoms with van der Waals surface area (Å²) in [5.74, 6) is 0.877. The topological polar surface area (TPSA) is 63.1 Å². The largest absolute Gasteiger partial charge is 0.484 e. The average Bonchev–Trinajstić information content (AvgIpc) is 3.17. The Morgan fingerprint density at radius 3 is 2.59 bits per heavy atom. The van der Waals surface area contributed by atoms with Crippen molar-refractivity contribution in [1.82, 2.24) is 5.32 Å². The summed E-state index contributed by atoms with van der Waals surface area (Å²) >= 11 is 0. The molecule has 8 heteroatoms. The van der Waals surface area contributed by atoms with Crippen LogP contribution in [-0.4, -0.2) is 43.2 Å². The fourth-order valence-corrected chi connectivity index (χ4v) is 5.43. The first-order valence-electron chi connectivity index (χ1n) is 10.1. The minimum Gasteiger partial charge on any atom is -0.484 e. The number of hydrogen-bond donors (Lipinski definition) is 2. The van der Waals surface area contributed by atoms with Gasteiger partial charge in [0.15, 0.2) is 12.8 Å². The van der Waals surface area contributed by atoms with Crippen LogP contribution in [-0.2, 0) is 16.7 Å². The number of alkyl halides is 3. The van der Waals surface area contributed by atoms with E-state index >= 15 is 0 Å². The van der Waals surface area contributed by atoms with E-state index in [4.69, 9.17) is 9.47 Å². The molecule has 1 heterocycles. The predicted molar refractivity (Wildman–Crippen MR) is 102 cm³/mol. The highest BCUT2D eigenvalue weighted by Gasteiger charge is 2.64. The zero-order valence-corrected chi connectivity index (χ0v) is 16.7.